The average Bonchev–Trinajstić information content (AvgIpc) is 3.38. The third kappa shape index (κ3) is 4.03. The van der Waals surface area contributed by atoms with Crippen molar-refractivity contribution in [2.45, 2.75) is 38.4 Å². The molecule has 2 heterocycles. The van der Waals surface area contributed by atoms with E-state index in [-0.39, 0.29) is 24.5 Å². The normalized spacial score (nSPS) is 17.4. The first kappa shape index (κ1) is 19.2. The zero-order chi connectivity index (χ0) is 20.2. The Hall–Kier alpha value is -3.10. The fourth-order valence-corrected chi connectivity index (χ4v) is 4.16. The maximum Gasteiger partial charge on any atom is 0.237 e. The molecule has 0 saturated carbocycles. The van der Waals surface area contributed by atoms with Gasteiger partial charge in [0.1, 0.15) is 6.04 Å². The second kappa shape index (κ2) is 8.50. The van der Waals surface area contributed by atoms with Crippen molar-refractivity contribution < 1.29 is 4.79 Å². The molecule has 0 bridgehead atoms. The Morgan fingerprint density at radius 3 is 2.76 bits per heavy atom. The summed E-state index contributed by atoms with van der Waals surface area (Å²) in [5.74, 6) is 0.0153. The molecule has 0 aliphatic carbocycles. The van der Waals surface area contributed by atoms with Crippen LogP contribution in [0.25, 0.3) is 22.2 Å². The number of nitrogens with one attached hydrogen (secondary N) is 1. The predicted octanol–water partition coefficient (Wildman–Crippen LogP) is 3.80. The summed E-state index contributed by atoms with van der Waals surface area (Å²) in [5, 5.41) is 13.8. The number of rotatable bonds is 6. The van der Waals surface area contributed by atoms with Crippen LogP contribution in [0, 0.1) is 11.3 Å². The molecule has 29 heavy (non-hydrogen) atoms. The maximum absolute atomic E-state index is 12.5. The molecule has 1 aromatic heterocycles. The van der Waals surface area contributed by atoms with E-state index in [4.69, 9.17) is 0 Å². The topological polar surface area (TPSA) is 61.1 Å². The van der Waals surface area contributed by atoms with Crippen LogP contribution in [0.3, 0.4) is 0 Å². The van der Waals surface area contributed by atoms with Gasteiger partial charge in [-0.05, 0) is 37.5 Å². The fraction of sp³-hybridized carbons (Fsp3) is 0.333. The number of carbonyl (C=O) groups is 1. The van der Waals surface area contributed by atoms with E-state index in [2.05, 4.69) is 77.5 Å². The second-order valence-corrected chi connectivity index (χ2v) is 7.72. The van der Waals surface area contributed by atoms with Gasteiger partial charge in [0.2, 0.25) is 5.91 Å². The molecule has 2 aromatic carbocycles. The number of aromatic nitrogens is 1. The van der Waals surface area contributed by atoms with Crippen molar-refractivity contribution >= 4 is 16.8 Å². The van der Waals surface area contributed by atoms with E-state index in [0.29, 0.717) is 6.54 Å². The zero-order valence-corrected chi connectivity index (χ0v) is 16.7. The van der Waals surface area contributed by atoms with Crippen molar-refractivity contribution in [2.75, 3.05) is 13.1 Å². The molecule has 4 rings (SSSR count). The van der Waals surface area contributed by atoms with Crippen LogP contribution in [0.15, 0.2) is 60.7 Å². The third-order valence-electron chi connectivity index (χ3n) is 5.66. The number of carbonyl (C=O) groups excluding carboxylic acids is 1. The third-order valence-corrected chi connectivity index (χ3v) is 5.66. The summed E-state index contributed by atoms with van der Waals surface area (Å²) in [4.78, 5) is 14.2. The molecule has 0 radical (unpaired) electrons. The van der Waals surface area contributed by atoms with Gasteiger partial charge in [0.15, 0.2) is 0 Å². The van der Waals surface area contributed by atoms with Crippen LogP contribution >= 0.6 is 0 Å². The zero-order valence-electron chi connectivity index (χ0n) is 16.7. The molecule has 5 nitrogen and oxygen atoms in total. The largest absolute Gasteiger partial charge is 0.339 e. The number of fused-ring (bicyclic) bond motifs is 1. The molecule has 148 valence electrons. The Balaban J connectivity index is 1.50. The number of nitriles is 1. The Morgan fingerprint density at radius 2 is 1.97 bits per heavy atom. The lowest BCUT2D eigenvalue weighted by atomic mass is 10.1. The lowest BCUT2D eigenvalue weighted by Crippen LogP contribution is -2.43. The number of nitrogens with zero attached hydrogens (tertiary/aromatic N) is 3. The minimum Gasteiger partial charge on any atom is -0.339 e. The Labute approximate surface area is 171 Å². The van der Waals surface area contributed by atoms with Crippen molar-refractivity contribution in [3.63, 3.8) is 0 Å². The van der Waals surface area contributed by atoms with Gasteiger partial charge in [0.25, 0.3) is 0 Å². The van der Waals surface area contributed by atoms with Gasteiger partial charge < -0.3 is 14.8 Å². The molecule has 1 amide bonds. The number of benzene rings is 2. The Morgan fingerprint density at radius 1 is 1.21 bits per heavy atom. The molecule has 1 N–H and O–H groups in total. The molecular formula is C24H26N4O. The predicted molar refractivity (Wildman–Crippen MR) is 115 cm³/mol. The Kier molecular flexibility index (Phi) is 5.64. The summed E-state index contributed by atoms with van der Waals surface area (Å²) in [6.07, 6.45) is 1.70. The van der Waals surface area contributed by atoms with Crippen LogP contribution in [0.4, 0.5) is 0 Å². The molecule has 1 saturated heterocycles. The number of hydrogen-bond donors (Lipinski definition) is 1. The fourth-order valence-electron chi connectivity index (χ4n) is 4.16. The van der Waals surface area contributed by atoms with Gasteiger partial charge in [-0.1, -0.05) is 48.5 Å². The number of hydrogen-bond acceptors (Lipinski definition) is 3. The van der Waals surface area contributed by atoms with Crippen molar-refractivity contribution in [3.05, 3.63) is 60.7 Å². The molecule has 1 fully saturated rings. The van der Waals surface area contributed by atoms with Gasteiger partial charge >= 0.3 is 0 Å². The number of para-hydroxylation sites is 1. The van der Waals surface area contributed by atoms with Crippen molar-refractivity contribution in [1.29, 1.82) is 5.26 Å². The molecule has 3 aromatic rings. The molecular weight excluding hydrogens is 360 g/mol. The van der Waals surface area contributed by atoms with E-state index in [1.165, 1.54) is 22.2 Å². The van der Waals surface area contributed by atoms with E-state index >= 15 is 0 Å². The van der Waals surface area contributed by atoms with Gasteiger partial charge in [-0.3, -0.25) is 4.79 Å². The van der Waals surface area contributed by atoms with Gasteiger partial charge in [-0.2, -0.15) is 5.26 Å². The molecule has 2 unspecified atom stereocenters. The molecule has 1 aliphatic rings. The summed E-state index contributed by atoms with van der Waals surface area (Å²) >= 11 is 0. The molecule has 5 heteroatoms. The van der Waals surface area contributed by atoms with E-state index in [1.807, 2.05) is 6.07 Å². The number of likely N-dealkylation sites (tertiary alicyclic amines) is 1. The highest BCUT2D eigenvalue weighted by Crippen LogP contribution is 2.28. The SMILES string of the molecule is CC(Cn1c(-c2ccccc2)cc2ccccc21)NCC(=O)N1CCCC1C#N. The summed E-state index contributed by atoms with van der Waals surface area (Å²) in [7, 11) is 0. The average molecular weight is 386 g/mol. The first-order valence-corrected chi connectivity index (χ1v) is 10.2. The lowest BCUT2D eigenvalue weighted by Gasteiger charge is -2.22. The van der Waals surface area contributed by atoms with E-state index in [1.54, 1.807) is 4.90 Å². The van der Waals surface area contributed by atoms with Gasteiger partial charge in [0, 0.05) is 35.7 Å². The quantitative estimate of drug-likeness (QED) is 0.701. The highest BCUT2D eigenvalue weighted by molar-refractivity contribution is 5.87. The highest BCUT2D eigenvalue weighted by Gasteiger charge is 2.28. The molecule has 2 atom stereocenters. The van der Waals surface area contributed by atoms with Crippen molar-refractivity contribution in [1.82, 2.24) is 14.8 Å². The van der Waals surface area contributed by atoms with Crippen LogP contribution in [0.5, 0.6) is 0 Å². The summed E-state index contributed by atoms with van der Waals surface area (Å²) < 4.78 is 2.32. The van der Waals surface area contributed by atoms with Crippen LogP contribution in [-0.4, -0.2) is 40.5 Å². The molecule has 1 aliphatic heterocycles. The standard InChI is InChI=1S/C24H26N4O/c1-18(26-16-24(29)27-13-7-11-21(27)15-25)17-28-22-12-6-5-10-20(22)14-23(28)19-8-3-2-4-9-19/h2-6,8-10,12,14,18,21,26H,7,11,13,16-17H2,1H3. The minimum atomic E-state index is -0.266. The van der Waals surface area contributed by atoms with Crippen molar-refractivity contribution in [2.24, 2.45) is 0 Å². The van der Waals surface area contributed by atoms with Crippen LogP contribution < -0.4 is 5.32 Å². The smallest absolute Gasteiger partial charge is 0.237 e. The highest BCUT2D eigenvalue weighted by atomic mass is 16.2. The van der Waals surface area contributed by atoms with Crippen molar-refractivity contribution in [3.8, 4) is 17.3 Å². The first-order chi connectivity index (χ1) is 14.2. The van der Waals surface area contributed by atoms with Gasteiger partial charge in [0.05, 0.1) is 12.6 Å². The van der Waals surface area contributed by atoms with E-state index < -0.39 is 0 Å². The second-order valence-electron chi connectivity index (χ2n) is 7.72. The number of amides is 1. The summed E-state index contributed by atoms with van der Waals surface area (Å²) in [6.45, 7) is 3.81. The van der Waals surface area contributed by atoms with Gasteiger partial charge in [-0.15, -0.1) is 0 Å². The molecule has 0 spiro atoms. The lowest BCUT2D eigenvalue weighted by molar-refractivity contribution is -0.130. The van der Waals surface area contributed by atoms with Crippen LogP contribution in [0.1, 0.15) is 19.8 Å². The van der Waals surface area contributed by atoms with Gasteiger partial charge in [-0.25, -0.2) is 0 Å². The minimum absolute atomic E-state index is 0.0153. The first-order valence-electron chi connectivity index (χ1n) is 10.2. The maximum atomic E-state index is 12.5. The summed E-state index contributed by atoms with van der Waals surface area (Å²) in [6, 6.07) is 23.1. The van der Waals surface area contributed by atoms with E-state index in [9.17, 15) is 10.1 Å². The van der Waals surface area contributed by atoms with Crippen LogP contribution in [0.2, 0.25) is 0 Å². The Bertz CT molecular complexity index is 1030. The summed E-state index contributed by atoms with van der Waals surface area (Å²) in [5.41, 5.74) is 3.55. The van der Waals surface area contributed by atoms with E-state index in [0.717, 1.165) is 19.4 Å². The van der Waals surface area contributed by atoms with Crippen LogP contribution in [-0.2, 0) is 11.3 Å². The monoisotopic (exact) mass is 386 g/mol.